The van der Waals surface area contributed by atoms with E-state index in [4.69, 9.17) is 4.74 Å². The predicted octanol–water partition coefficient (Wildman–Crippen LogP) is 2.84. The van der Waals surface area contributed by atoms with Gasteiger partial charge in [-0.25, -0.2) is 0 Å². The van der Waals surface area contributed by atoms with Crippen LogP contribution in [0.4, 0.5) is 0 Å². The highest BCUT2D eigenvalue weighted by atomic mass is 16.5. The Morgan fingerprint density at radius 1 is 1.35 bits per heavy atom. The smallest absolute Gasteiger partial charge is 0.137 e. The Balaban J connectivity index is 2.12. The molecule has 1 aliphatic rings. The zero-order chi connectivity index (χ0) is 14.6. The molecule has 1 aromatic carbocycles. The lowest BCUT2D eigenvalue weighted by atomic mass is 9.78. The van der Waals surface area contributed by atoms with Gasteiger partial charge >= 0.3 is 0 Å². The Labute approximate surface area is 122 Å². The van der Waals surface area contributed by atoms with Crippen LogP contribution in [0.3, 0.4) is 0 Å². The molecule has 0 unspecified atom stereocenters. The van der Waals surface area contributed by atoms with Crippen LogP contribution in [0.5, 0.6) is 5.75 Å². The molecule has 0 aliphatic carbocycles. The summed E-state index contributed by atoms with van der Waals surface area (Å²) in [7, 11) is 0. The van der Waals surface area contributed by atoms with Crippen molar-refractivity contribution in [3.8, 4) is 5.75 Å². The maximum atomic E-state index is 9.76. The number of rotatable bonds is 4. The van der Waals surface area contributed by atoms with E-state index < -0.39 is 0 Å². The third-order valence-electron chi connectivity index (χ3n) is 4.39. The molecule has 1 saturated heterocycles. The van der Waals surface area contributed by atoms with Gasteiger partial charge in [0.25, 0.3) is 0 Å². The van der Waals surface area contributed by atoms with Gasteiger partial charge in [-0.2, -0.15) is 0 Å². The zero-order valence-electron chi connectivity index (χ0n) is 12.8. The van der Waals surface area contributed by atoms with Crippen LogP contribution in [0.2, 0.25) is 0 Å². The van der Waals surface area contributed by atoms with Crippen LogP contribution in [0.1, 0.15) is 33.6 Å². The molecule has 0 aromatic heterocycles. The van der Waals surface area contributed by atoms with Crippen molar-refractivity contribution in [2.75, 3.05) is 13.2 Å². The minimum atomic E-state index is -0.210. The minimum Gasteiger partial charge on any atom is -0.486 e. The first-order valence-corrected chi connectivity index (χ1v) is 7.59. The van der Waals surface area contributed by atoms with E-state index >= 15 is 0 Å². The number of nitrogens with one attached hydrogen (secondary N) is 1. The third-order valence-corrected chi connectivity index (χ3v) is 4.39. The topological polar surface area (TPSA) is 41.5 Å². The van der Waals surface area contributed by atoms with E-state index in [1.807, 2.05) is 30.3 Å². The Hall–Kier alpha value is -1.06. The van der Waals surface area contributed by atoms with Crippen molar-refractivity contribution in [2.45, 2.75) is 45.8 Å². The Morgan fingerprint density at radius 2 is 2.05 bits per heavy atom. The molecule has 2 N–H and O–H groups in total. The molecule has 0 saturated carbocycles. The largest absolute Gasteiger partial charge is 0.486 e. The molecule has 0 spiro atoms. The van der Waals surface area contributed by atoms with E-state index in [0.717, 1.165) is 18.7 Å². The fraction of sp³-hybridized carbons (Fsp3) is 0.647. The highest BCUT2D eigenvalue weighted by molar-refractivity contribution is 5.21. The van der Waals surface area contributed by atoms with Crippen molar-refractivity contribution in [3.63, 3.8) is 0 Å². The van der Waals surface area contributed by atoms with Gasteiger partial charge < -0.3 is 15.2 Å². The molecule has 1 aliphatic heterocycles. The molecule has 0 radical (unpaired) electrons. The van der Waals surface area contributed by atoms with Crippen molar-refractivity contribution in [3.05, 3.63) is 30.3 Å². The minimum absolute atomic E-state index is 0.0321. The predicted molar refractivity (Wildman–Crippen MR) is 81.9 cm³/mol. The number of hydrogen-bond acceptors (Lipinski definition) is 3. The number of ether oxygens (including phenoxy) is 1. The molecule has 0 bridgehead atoms. The first kappa shape index (κ1) is 15.3. The number of para-hydroxylation sites is 1. The Bertz CT molecular complexity index is 405. The van der Waals surface area contributed by atoms with Crippen LogP contribution >= 0.6 is 0 Å². The van der Waals surface area contributed by atoms with Crippen LogP contribution < -0.4 is 10.1 Å². The first-order valence-electron chi connectivity index (χ1n) is 7.59. The molecule has 1 heterocycles. The Morgan fingerprint density at radius 3 is 2.70 bits per heavy atom. The van der Waals surface area contributed by atoms with Gasteiger partial charge in [0.1, 0.15) is 11.9 Å². The molecular weight excluding hydrogens is 250 g/mol. The second kappa shape index (κ2) is 6.59. The van der Waals surface area contributed by atoms with E-state index in [2.05, 4.69) is 26.1 Å². The lowest BCUT2D eigenvalue weighted by Gasteiger charge is -2.38. The summed E-state index contributed by atoms with van der Waals surface area (Å²) in [6.07, 6.45) is 2.17. The molecule has 1 aromatic rings. The monoisotopic (exact) mass is 277 g/mol. The number of aliphatic hydroxyl groups excluding tert-OH is 1. The summed E-state index contributed by atoms with van der Waals surface area (Å²) in [6, 6.07) is 9.92. The number of benzene rings is 1. The van der Waals surface area contributed by atoms with Crippen LogP contribution in [-0.2, 0) is 0 Å². The standard InChI is InChI=1S/C17H27NO2/c1-13-9-10-17(2,3)16(18-11-13)15(12-19)20-14-7-5-4-6-8-14/h4-8,13,15-16,18-19H,9-12H2,1-3H3/t13-,15+,16-/m0/s1. The van der Waals surface area contributed by atoms with Crippen molar-refractivity contribution in [1.82, 2.24) is 5.32 Å². The third kappa shape index (κ3) is 3.74. The van der Waals surface area contributed by atoms with Crippen molar-refractivity contribution >= 4 is 0 Å². The van der Waals surface area contributed by atoms with Crippen LogP contribution in [0.15, 0.2) is 30.3 Å². The van der Waals surface area contributed by atoms with Gasteiger partial charge in [0.2, 0.25) is 0 Å². The van der Waals surface area contributed by atoms with E-state index in [1.54, 1.807) is 0 Å². The molecule has 3 nitrogen and oxygen atoms in total. The molecule has 112 valence electrons. The van der Waals surface area contributed by atoms with Gasteiger partial charge in [-0.05, 0) is 42.9 Å². The second-order valence-corrected chi connectivity index (χ2v) is 6.67. The van der Waals surface area contributed by atoms with Gasteiger partial charge in [0.05, 0.1) is 12.6 Å². The maximum Gasteiger partial charge on any atom is 0.137 e. The quantitative estimate of drug-likeness (QED) is 0.889. The molecule has 2 rings (SSSR count). The SMILES string of the molecule is C[C@H]1CCC(C)(C)[C@H]([C@@H](CO)Oc2ccccc2)NC1. The van der Waals surface area contributed by atoms with Crippen molar-refractivity contribution in [1.29, 1.82) is 0 Å². The molecular formula is C17H27NO2. The normalized spacial score (nSPS) is 27.6. The molecule has 20 heavy (non-hydrogen) atoms. The molecule has 3 atom stereocenters. The fourth-order valence-electron chi connectivity index (χ4n) is 3.00. The first-order chi connectivity index (χ1) is 9.53. The van der Waals surface area contributed by atoms with E-state index in [1.165, 1.54) is 6.42 Å². The molecule has 3 heteroatoms. The van der Waals surface area contributed by atoms with Crippen LogP contribution in [0, 0.1) is 11.3 Å². The van der Waals surface area contributed by atoms with Crippen LogP contribution in [0.25, 0.3) is 0 Å². The summed E-state index contributed by atoms with van der Waals surface area (Å²) in [5.74, 6) is 1.50. The van der Waals surface area contributed by atoms with Gasteiger partial charge in [0.15, 0.2) is 0 Å². The van der Waals surface area contributed by atoms with E-state index in [0.29, 0.717) is 5.92 Å². The second-order valence-electron chi connectivity index (χ2n) is 6.67. The summed E-state index contributed by atoms with van der Waals surface area (Å²) >= 11 is 0. The zero-order valence-corrected chi connectivity index (χ0v) is 12.8. The van der Waals surface area contributed by atoms with Gasteiger partial charge in [-0.1, -0.05) is 39.0 Å². The summed E-state index contributed by atoms with van der Waals surface area (Å²) in [4.78, 5) is 0. The van der Waals surface area contributed by atoms with Crippen molar-refractivity contribution in [2.24, 2.45) is 11.3 Å². The molecule has 1 fully saturated rings. The highest BCUT2D eigenvalue weighted by Gasteiger charge is 2.38. The van der Waals surface area contributed by atoms with E-state index in [-0.39, 0.29) is 24.2 Å². The summed E-state index contributed by atoms with van der Waals surface area (Å²) < 4.78 is 6.02. The fourth-order valence-corrected chi connectivity index (χ4v) is 3.00. The Kier molecular flexibility index (Phi) is 5.06. The van der Waals surface area contributed by atoms with Gasteiger partial charge in [-0.3, -0.25) is 0 Å². The van der Waals surface area contributed by atoms with Gasteiger partial charge in [0, 0.05) is 0 Å². The number of hydrogen-bond donors (Lipinski definition) is 2. The lowest BCUT2D eigenvalue weighted by molar-refractivity contribution is 0.0387. The average Bonchev–Trinajstić information content (AvgIpc) is 2.57. The van der Waals surface area contributed by atoms with Gasteiger partial charge in [-0.15, -0.1) is 0 Å². The number of aliphatic hydroxyl groups is 1. The molecule has 0 amide bonds. The summed E-state index contributed by atoms with van der Waals surface area (Å²) in [6.45, 7) is 7.82. The summed E-state index contributed by atoms with van der Waals surface area (Å²) in [5, 5.41) is 13.4. The summed E-state index contributed by atoms with van der Waals surface area (Å²) in [5.41, 5.74) is 0.118. The highest BCUT2D eigenvalue weighted by Crippen LogP contribution is 2.34. The van der Waals surface area contributed by atoms with Crippen molar-refractivity contribution < 1.29 is 9.84 Å². The maximum absolute atomic E-state index is 9.76. The van der Waals surface area contributed by atoms with Crippen LogP contribution in [-0.4, -0.2) is 30.4 Å². The average molecular weight is 277 g/mol. The van der Waals surface area contributed by atoms with E-state index in [9.17, 15) is 5.11 Å². The lowest BCUT2D eigenvalue weighted by Crippen LogP contribution is -2.53.